The Morgan fingerprint density at radius 3 is 2.61 bits per heavy atom. The third-order valence-corrected chi connectivity index (χ3v) is 3.00. The fourth-order valence-electron chi connectivity index (χ4n) is 1.66. The van der Waals surface area contributed by atoms with Crippen LogP contribution in [-0.4, -0.2) is 48.8 Å². The van der Waals surface area contributed by atoms with Gasteiger partial charge in [0.2, 0.25) is 0 Å². The molecule has 0 unspecified atom stereocenters. The van der Waals surface area contributed by atoms with Crippen LogP contribution in [0.15, 0.2) is 29.4 Å². The molecule has 0 heterocycles. The topological polar surface area (TPSA) is 92.2 Å². The number of benzene rings is 1. The minimum atomic E-state index is -1.01. The van der Waals surface area contributed by atoms with Crippen LogP contribution in [0.4, 0.5) is 0 Å². The van der Waals surface area contributed by atoms with Crippen LogP contribution in [0.2, 0.25) is 0 Å². The van der Waals surface area contributed by atoms with Crippen LogP contribution in [0.5, 0.6) is 5.75 Å². The standard InChI is InChI=1S/C15H21N3O4S/c1-3-13(17-18-15(23)16-8-9-21-2)11-4-6-12(7-5-11)22-10-14(19)20/h4-7H,3,8-10H2,1-2H3,(H,19,20)(H2,16,18,23)/b17-13-. The summed E-state index contributed by atoms with van der Waals surface area (Å²) in [5.74, 6) is -0.514. The summed E-state index contributed by atoms with van der Waals surface area (Å²) >= 11 is 5.10. The van der Waals surface area contributed by atoms with Gasteiger partial charge < -0.3 is 19.9 Å². The SMILES string of the molecule is CC/C(=N/NC(=S)NCCOC)c1ccc(OCC(=O)O)cc1. The number of nitrogens with zero attached hydrogens (tertiary/aromatic N) is 1. The molecule has 0 saturated carbocycles. The summed E-state index contributed by atoms with van der Waals surface area (Å²) in [5.41, 5.74) is 4.52. The van der Waals surface area contributed by atoms with Crippen LogP contribution in [0.3, 0.4) is 0 Å². The Morgan fingerprint density at radius 1 is 1.35 bits per heavy atom. The number of nitrogens with one attached hydrogen (secondary N) is 2. The van der Waals surface area contributed by atoms with E-state index in [9.17, 15) is 4.79 Å². The Morgan fingerprint density at radius 2 is 2.04 bits per heavy atom. The average molecular weight is 339 g/mol. The maximum absolute atomic E-state index is 10.5. The normalized spacial score (nSPS) is 11.0. The van der Waals surface area contributed by atoms with Gasteiger partial charge in [-0.05, 0) is 48.5 Å². The maximum Gasteiger partial charge on any atom is 0.341 e. The van der Waals surface area contributed by atoms with Crippen molar-refractivity contribution in [1.29, 1.82) is 0 Å². The van der Waals surface area contributed by atoms with E-state index < -0.39 is 5.97 Å². The Kier molecular flexibility index (Phi) is 8.63. The predicted molar refractivity (Wildman–Crippen MR) is 92.0 cm³/mol. The molecule has 23 heavy (non-hydrogen) atoms. The second-order valence-corrected chi connectivity index (χ2v) is 4.89. The Balaban J connectivity index is 2.60. The molecule has 0 bridgehead atoms. The Bertz CT molecular complexity index is 546. The van der Waals surface area contributed by atoms with Gasteiger partial charge in [0.25, 0.3) is 0 Å². The smallest absolute Gasteiger partial charge is 0.341 e. The monoisotopic (exact) mass is 339 g/mol. The van der Waals surface area contributed by atoms with E-state index in [1.807, 2.05) is 19.1 Å². The Labute approximate surface area is 140 Å². The van der Waals surface area contributed by atoms with Crippen LogP contribution in [0.25, 0.3) is 0 Å². The van der Waals surface area contributed by atoms with Crippen molar-refractivity contribution < 1.29 is 19.4 Å². The highest BCUT2D eigenvalue weighted by Crippen LogP contribution is 2.13. The molecule has 1 aromatic carbocycles. The number of carbonyl (C=O) groups is 1. The first-order valence-corrected chi connectivity index (χ1v) is 7.52. The van der Waals surface area contributed by atoms with Gasteiger partial charge in [-0.3, -0.25) is 5.43 Å². The average Bonchev–Trinajstić information content (AvgIpc) is 2.54. The maximum atomic E-state index is 10.5. The van der Waals surface area contributed by atoms with E-state index in [-0.39, 0.29) is 6.61 Å². The third-order valence-electron chi connectivity index (χ3n) is 2.77. The zero-order valence-electron chi connectivity index (χ0n) is 13.2. The van der Waals surface area contributed by atoms with E-state index in [0.29, 0.717) is 30.4 Å². The van der Waals surface area contributed by atoms with Crippen LogP contribution >= 0.6 is 12.2 Å². The second kappa shape index (κ2) is 10.5. The van der Waals surface area contributed by atoms with Crippen molar-refractivity contribution in [3.63, 3.8) is 0 Å². The summed E-state index contributed by atoms with van der Waals surface area (Å²) < 4.78 is 10.0. The largest absolute Gasteiger partial charge is 0.482 e. The van der Waals surface area contributed by atoms with E-state index >= 15 is 0 Å². The van der Waals surface area contributed by atoms with Crippen LogP contribution < -0.4 is 15.5 Å². The summed E-state index contributed by atoms with van der Waals surface area (Å²) in [6.45, 7) is 2.78. The summed E-state index contributed by atoms with van der Waals surface area (Å²) in [6, 6.07) is 7.06. The van der Waals surface area contributed by atoms with E-state index in [1.165, 1.54) is 0 Å². The number of ether oxygens (including phenoxy) is 2. The zero-order chi connectivity index (χ0) is 17.1. The predicted octanol–water partition coefficient (Wildman–Crippen LogP) is 1.37. The molecule has 0 aliphatic heterocycles. The van der Waals surface area contributed by atoms with Crippen molar-refractivity contribution in [3.05, 3.63) is 29.8 Å². The summed E-state index contributed by atoms with van der Waals surface area (Å²) in [7, 11) is 1.62. The van der Waals surface area contributed by atoms with Crippen LogP contribution in [0.1, 0.15) is 18.9 Å². The highest BCUT2D eigenvalue weighted by molar-refractivity contribution is 7.80. The van der Waals surface area contributed by atoms with Gasteiger partial charge in [0.05, 0.1) is 12.3 Å². The molecule has 0 amide bonds. The van der Waals surface area contributed by atoms with Crippen molar-refractivity contribution in [2.75, 3.05) is 26.9 Å². The van der Waals surface area contributed by atoms with Crippen molar-refractivity contribution in [2.24, 2.45) is 5.10 Å². The molecule has 3 N–H and O–H groups in total. The minimum absolute atomic E-state index is 0.364. The lowest BCUT2D eigenvalue weighted by molar-refractivity contribution is -0.139. The summed E-state index contributed by atoms with van der Waals surface area (Å²) in [5, 5.41) is 16.2. The number of thiocarbonyl (C=S) groups is 1. The van der Waals surface area contributed by atoms with Gasteiger partial charge in [-0.15, -0.1) is 0 Å². The fourth-order valence-corrected chi connectivity index (χ4v) is 1.81. The molecule has 1 aromatic rings. The van der Waals surface area contributed by atoms with Gasteiger partial charge in [0.1, 0.15) is 5.75 Å². The first-order valence-electron chi connectivity index (χ1n) is 7.11. The summed E-state index contributed by atoms with van der Waals surface area (Å²) in [4.78, 5) is 10.5. The van der Waals surface area contributed by atoms with Gasteiger partial charge in [-0.2, -0.15) is 5.10 Å². The van der Waals surface area contributed by atoms with E-state index in [1.54, 1.807) is 19.2 Å². The van der Waals surface area contributed by atoms with Gasteiger partial charge in [-0.1, -0.05) is 6.92 Å². The number of hydrogen-bond acceptors (Lipinski definition) is 5. The lowest BCUT2D eigenvalue weighted by Crippen LogP contribution is -2.34. The molecule has 0 radical (unpaired) electrons. The minimum Gasteiger partial charge on any atom is -0.482 e. The van der Waals surface area contributed by atoms with Crippen molar-refractivity contribution in [3.8, 4) is 5.75 Å². The highest BCUT2D eigenvalue weighted by Gasteiger charge is 2.04. The Hall–Kier alpha value is -2.19. The molecule has 0 atom stereocenters. The first-order chi connectivity index (χ1) is 11.1. The molecule has 0 spiro atoms. The van der Waals surface area contributed by atoms with Gasteiger partial charge in [-0.25, -0.2) is 4.79 Å². The zero-order valence-corrected chi connectivity index (χ0v) is 14.0. The molecule has 1 rings (SSSR count). The molecule has 0 aliphatic carbocycles. The quantitative estimate of drug-likeness (QED) is 0.271. The molecule has 0 fully saturated rings. The van der Waals surface area contributed by atoms with E-state index in [0.717, 1.165) is 11.3 Å². The third kappa shape index (κ3) is 7.57. The molecule has 0 aliphatic rings. The van der Waals surface area contributed by atoms with Gasteiger partial charge >= 0.3 is 5.97 Å². The van der Waals surface area contributed by atoms with Crippen molar-refractivity contribution in [2.45, 2.75) is 13.3 Å². The number of hydrogen-bond donors (Lipinski definition) is 3. The molecular weight excluding hydrogens is 318 g/mol. The molecule has 7 nitrogen and oxygen atoms in total. The van der Waals surface area contributed by atoms with Gasteiger partial charge in [0, 0.05) is 13.7 Å². The number of rotatable bonds is 9. The van der Waals surface area contributed by atoms with Crippen molar-refractivity contribution in [1.82, 2.24) is 10.7 Å². The molecule has 0 saturated heterocycles. The fraction of sp³-hybridized carbons (Fsp3) is 0.400. The number of methoxy groups -OCH3 is 1. The molecule has 8 heteroatoms. The lowest BCUT2D eigenvalue weighted by atomic mass is 10.1. The number of carboxylic acids is 1. The molecule has 126 valence electrons. The second-order valence-electron chi connectivity index (χ2n) is 4.48. The number of hydrazone groups is 1. The number of carboxylic acid groups (broad SMARTS) is 1. The molecule has 0 aromatic heterocycles. The number of aliphatic carboxylic acids is 1. The van der Waals surface area contributed by atoms with Crippen molar-refractivity contribution >= 4 is 29.0 Å². The highest BCUT2D eigenvalue weighted by atomic mass is 32.1. The van der Waals surface area contributed by atoms with E-state index in [4.69, 9.17) is 26.8 Å². The first kappa shape index (κ1) is 18.9. The molecular formula is C15H21N3O4S. The van der Waals surface area contributed by atoms with Gasteiger partial charge in [0.15, 0.2) is 11.7 Å². The van der Waals surface area contributed by atoms with E-state index in [2.05, 4.69) is 15.8 Å². The lowest BCUT2D eigenvalue weighted by Gasteiger charge is -2.09. The van der Waals surface area contributed by atoms with Crippen LogP contribution in [-0.2, 0) is 9.53 Å². The van der Waals surface area contributed by atoms with Crippen LogP contribution in [0, 0.1) is 0 Å². The summed E-state index contributed by atoms with van der Waals surface area (Å²) in [6.07, 6.45) is 0.711.